The van der Waals surface area contributed by atoms with Crippen LogP contribution in [0.2, 0.25) is 0 Å². The first-order chi connectivity index (χ1) is 14.1. The second kappa shape index (κ2) is 8.01. The SMILES string of the molecule is C/C(=N/NC(=O)c1ccc(-n2cnnn2)cc1)c1cccc(N2CCCC2=O)c1. The fraction of sp³-hybridized carbons (Fsp3) is 0.200. The Hall–Kier alpha value is -3.88. The van der Waals surface area contributed by atoms with E-state index < -0.39 is 0 Å². The molecule has 1 fully saturated rings. The normalized spacial score (nSPS) is 14.3. The second-order valence-corrected chi connectivity index (χ2v) is 6.64. The summed E-state index contributed by atoms with van der Waals surface area (Å²) < 4.78 is 1.50. The summed E-state index contributed by atoms with van der Waals surface area (Å²) in [4.78, 5) is 26.1. The van der Waals surface area contributed by atoms with Crippen molar-refractivity contribution in [3.05, 3.63) is 66.0 Å². The van der Waals surface area contributed by atoms with Crippen LogP contribution in [0.4, 0.5) is 5.69 Å². The summed E-state index contributed by atoms with van der Waals surface area (Å²) in [6.07, 6.45) is 2.94. The van der Waals surface area contributed by atoms with Gasteiger partial charge in [-0.25, -0.2) is 10.1 Å². The van der Waals surface area contributed by atoms with Crippen molar-refractivity contribution in [2.45, 2.75) is 19.8 Å². The highest BCUT2D eigenvalue weighted by Gasteiger charge is 2.21. The average molecular weight is 389 g/mol. The highest BCUT2D eigenvalue weighted by atomic mass is 16.2. The van der Waals surface area contributed by atoms with Crippen LogP contribution >= 0.6 is 0 Å². The Morgan fingerprint density at radius 2 is 1.93 bits per heavy atom. The van der Waals surface area contributed by atoms with Crippen LogP contribution in [-0.2, 0) is 4.79 Å². The van der Waals surface area contributed by atoms with Gasteiger partial charge in [0.1, 0.15) is 6.33 Å². The van der Waals surface area contributed by atoms with Crippen molar-refractivity contribution in [3.63, 3.8) is 0 Å². The first kappa shape index (κ1) is 18.5. The summed E-state index contributed by atoms with van der Waals surface area (Å²) in [5.41, 5.74) is 6.13. The lowest BCUT2D eigenvalue weighted by Gasteiger charge is -2.16. The Morgan fingerprint density at radius 3 is 2.62 bits per heavy atom. The number of hydrogen-bond donors (Lipinski definition) is 1. The van der Waals surface area contributed by atoms with Gasteiger partial charge >= 0.3 is 0 Å². The first-order valence-corrected chi connectivity index (χ1v) is 9.21. The molecular weight excluding hydrogens is 370 g/mol. The summed E-state index contributed by atoms with van der Waals surface area (Å²) in [7, 11) is 0. The lowest BCUT2D eigenvalue weighted by atomic mass is 10.1. The van der Waals surface area contributed by atoms with Crippen molar-refractivity contribution < 1.29 is 9.59 Å². The molecule has 0 unspecified atom stereocenters. The van der Waals surface area contributed by atoms with Crippen molar-refractivity contribution >= 4 is 23.2 Å². The number of benzene rings is 2. The van der Waals surface area contributed by atoms with Gasteiger partial charge in [0.2, 0.25) is 5.91 Å². The lowest BCUT2D eigenvalue weighted by Crippen LogP contribution is -2.24. The summed E-state index contributed by atoms with van der Waals surface area (Å²) in [6.45, 7) is 2.54. The number of aromatic nitrogens is 4. The highest BCUT2D eigenvalue weighted by molar-refractivity contribution is 6.02. The maximum Gasteiger partial charge on any atom is 0.271 e. The molecule has 0 aliphatic carbocycles. The molecule has 1 aliphatic heterocycles. The predicted octanol–water partition coefficient (Wildman–Crippen LogP) is 1.94. The van der Waals surface area contributed by atoms with Crippen LogP contribution in [0.15, 0.2) is 60.0 Å². The van der Waals surface area contributed by atoms with Crippen molar-refractivity contribution in [2.24, 2.45) is 5.10 Å². The minimum absolute atomic E-state index is 0.134. The number of anilines is 1. The molecule has 1 N–H and O–H groups in total. The topological polar surface area (TPSA) is 105 Å². The zero-order chi connectivity index (χ0) is 20.2. The minimum Gasteiger partial charge on any atom is -0.312 e. The molecule has 1 saturated heterocycles. The Bertz CT molecular complexity index is 1060. The van der Waals surface area contributed by atoms with E-state index in [0.29, 0.717) is 17.7 Å². The monoisotopic (exact) mass is 389 g/mol. The van der Waals surface area contributed by atoms with E-state index in [1.807, 2.05) is 31.2 Å². The molecule has 0 atom stereocenters. The van der Waals surface area contributed by atoms with Gasteiger partial charge in [0, 0.05) is 24.2 Å². The van der Waals surface area contributed by atoms with E-state index in [1.54, 1.807) is 29.2 Å². The summed E-state index contributed by atoms with van der Waals surface area (Å²) in [5.74, 6) is -0.186. The molecule has 1 aromatic heterocycles. The van der Waals surface area contributed by atoms with Crippen LogP contribution in [0.5, 0.6) is 0 Å². The van der Waals surface area contributed by atoms with E-state index in [4.69, 9.17) is 0 Å². The third kappa shape index (κ3) is 4.03. The van der Waals surface area contributed by atoms with Crippen LogP contribution in [0.1, 0.15) is 35.7 Å². The van der Waals surface area contributed by atoms with Gasteiger partial charge in [-0.2, -0.15) is 5.10 Å². The van der Waals surface area contributed by atoms with Gasteiger partial charge in [-0.1, -0.05) is 12.1 Å². The Labute approximate surface area is 167 Å². The van der Waals surface area contributed by atoms with E-state index >= 15 is 0 Å². The number of tetrazole rings is 1. The molecule has 146 valence electrons. The molecule has 0 spiro atoms. The number of carbonyl (C=O) groups is 2. The Morgan fingerprint density at radius 1 is 1.10 bits per heavy atom. The molecule has 9 heteroatoms. The molecule has 0 bridgehead atoms. The van der Waals surface area contributed by atoms with Gasteiger partial charge in [0.05, 0.1) is 11.4 Å². The molecule has 2 aromatic carbocycles. The van der Waals surface area contributed by atoms with Gasteiger partial charge in [-0.3, -0.25) is 9.59 Å². The summed E-state index contributed by atoms with van der Waals surface area (Å²) in [6, 6.07) is 14.5. The predicted molar refractivity (Wildman–Crippen MR) is 107 cm³/mol. The van der Waals surface area contributed by atoms with Gasteiger partial charge in [0.15, 0.2) is 0 Å². The van der Waals surface area contributed by atoms with Crippen molar-refractivity contribution in [1.29, 1.82) is 0 Å². The number of hydrogen-bond acceptors (Lipinski definition) is 6. The lowest BCUT2D eigenvalue weighted by molar-refractivity contribution is -0.117. The van der Waals surface area contributed by atoms with Crippen molar-refractivity contribution in [2.75, 3.05) is 11.4 Å². The molecule has 1 aliphatic rings. The summed E-state index contributed by atoms with van der Waals surface area (Å²) in [5, 5.41) is 15.2. The van der Waals surface area contributed by atoms with E-state index in [9.17, 15) is 9.59 Å². The Balaban J connectivity index is 1.44. The quantitative estimate of drug-likeness (QED) is 0.530. The molecular formula is C20H19N7O2. The van der Waals surface area contributed by atoms with E-state index in [-0.39, 0.29) is 11.8 Å². The molecule has 2 heterocycles. The van der Waals surface area contributed by atoms with Gasteiger partial charge < -0.3 is 4.90 Å². The molecule has 0 radical (unpaired) electrons. The number of nitrogens with zero attached hydrogens (tertiary/aromatic N) is 6. The fourth-order valence-corrected chi connectivity index (χ4v) is 3.13. The number of carbonyl (C=O) groups excluding carboxylic acids is 2. The standard InChI is InChI=1S/C20H19N7O2/c1-14(16-4-2-5-18(12-16)26-11-3-6-19(26)28)22-23-20(29)15-7-9-17(10-8-15)27-13-21-24-25-27/h2,4-5,7-10,12-13H,3,6,11H2,1H3,(H,23,29)/b22-14-. The molecule has 29 heavy (non-hydrogen) atoms. The highest BCUT2D eigenvalue weighted by Crippen LogP contribution is 2.22. The second-order valence-electron chi connectivity index (χ2n) is 6.64. The third-order valence-electron chi connectivity index (χ3n) is 4.72. The van der Waals surface area contributed by atoms with E-state index in [1.165, 1.54) is 11.0 Å². The average Bonchev–Trinajstić information content (AvgIpc) is 3.44. The van der Waals surface area contributed by atoms with Gasteiger partial charge in [0.25, 0.3) is 5.91 Å². The van der Waals surface area contributed by atoms with Crippen LogP contribution in [0.25, 0.3) is 5.69 Å². The van der Waals surface area contributed by atoms with Crippen molar-refractivity contribution in [3.8, 4) is 5.69 Å². The van der Waals surface area contributed by atoms with Crippen LogP contribution in [0.3, 0.4) is 0 Å². The first-order valence-electron chi connectivity index (χ1n) is 9.21. The molecule has 2 amide bonds. The number of hydrazone groups is 1. The van der Waals surface area contributed by atoms with Gasteiger partial charge in [-0.05, 0) is 65.7 Å². The summed E-state index contributed by atoms with van der Waals surface area (Å²) >= 11 is 0. The largest absolute Gasteiger partial charge is 0.312 e. The zero-order valence-electron chi connectivity index (χ0n) is 15.8. The molecule has 4 rings (SSSR count). The number of rotatable bonds is 5. The van der Waals surface area contributed by atoms with E-state index in [2.05, 4.69) is 26.1 Å². The van der Waals surface area contributed by atoms with Crippen LogP contribution < -0.4 is 10.3 Å². The number of nitrogens with one attached hydrogen (secondary N) is 1. The minimum atomic E-state index is -0.321. The molecule has 9 nitrogen and oxygen atoms in total. The van der Waals surface area contributed by atoms with Crippen LogP contribution in [0, 0.1) is 0 Å². The van der Waals surface area contributed by atoms with Gasteiger partial charge in [-0.15, -0.1) is 5.10 Å². The smallest absolute Gasteiger partial charge is 0.271 e. The van der Waals surface area contributed by atoms with Crippen molar-refractivity contribution in [1.82, 2.24) is 25.6 Å². The third-order valence-corrected chi connectivity index (χ3v) is 4.72. The zero-order valence-corrected chi connectivity index (χ0v) is 15.8. The Kier molecular flexibility index (Phi) is 5.10. The maximum atomic E-state index is 12.4. The van der Waals surface area contributed by atoms with E-state index in [0.717, 1.165) is 29.9 Å². The van der Waals surface area contributed by atoms with Crippen LogP contribution in [-0.4, -0.2) is 44.3 Å². The molecule has 3 aromatic rings. The molecule has 0 saturated carbocycles. The fourth-order valence-electron chi connectivity index (χ4n) is 3.13. The number of amides is 2. The maximum absolute atomic E-state index is 12.4.